The van der Waals surface area contributed by atoms with Gasteiger partial charge in [0, 0.05) is 23.8 Å². The van der Waals surface area contributed by atoms with Crippen LogP contribution in [0, 0.1) is 0 Å². The number of nitrogens with zero attached hydrogens (tertiary/aromatic N) is 2. The van der Waals surface area contributed by atoms with Crippen molar-refractivity contribution in [3.63, 3.8) is 0 Å². The number of ether oxygens (including phenoxy) is 3. The summed E-state index contributed by atoms with van der Waals surface area (Å²) in [5, 5.41) is 7.66. The van der Waals surface area contributed by atoms with E-state index in [0.29, 0.717) is 34.4 Å². The Morgan fingerprint density at radius 1 is 1.10 bits per heavy atom. The van der Waals surface area contributed by atoms with Gasteiger partial charge in [-0.15, -0.1) is 0 Å². The van der Waals surface area contributed by atoms with Gasteiger partial charge in [0.05, 0.1) is 32.7 Å². The van der Waals surface area contributed by atoms with Gasteiger partial charge in [0.25, 0.3) is 0 Å². The van der Waals surface area contributed by atoms with Gasteiger partial charge in [0.15, 0.2) is 11.5 Å². The fourth-order valence-electron chi connectivity index (χ4n) is 3.04. The minimum absolute atomic E-state index is 0.155. The van der Waals surface area contributed by atoms with Gasteiger partial charge in [-0.3, -0.25) is 4.79 Å². The van der Waals surface area contributed by atoms with Crippen LogP contribution in [-0.4, -0.2) is 37.0 Å². The van der Waals surface area contributed by atoms with E-state index in [1.165, 1.54) is 0 Å². The Morgan fingerprint density at radius 2 is 1.90 bits per heavy atom. The molecule has 1 heterocycles. The first-order valence-corrected chi connectivity index (χ1v) is 9.32. The Kier molecular flexibility index (Phi) is 6.61. The summed E-state index contributed by atoms with van der Waals surface area (Å²) in [7, 11) is 4.67. The molecule has 0 unspecified atom stereocenters. The molecule has 0 aliphatic heterocycles. The Labute approximate surface area is 174 Å². The third-order valence-electron chi connectivity index (χ3n) is 4.39. The lowest BCUT2D eigenvalue weighted by atomic mass is 10.1. The Hall–Kier alpha value is -3.19. The first-order chi connectivity index (χ1) is 14.1. The van der Waals surface area contributed by atoms with Crippen molar-refractivity contribution in [2.24, 2.45) is 0 Å². The van der Waals surface area contributed by atoms with Crippen LogP contribution in [0.1, 0.15) is 12.0 Å². The molecule has 1 N–H and O–H groups in total. The molecule has 0 fully saturated rings. The molecule has 29 heavy (non-hydrogen) atoms. The number of aromatic nitrogens is 2. The largest absolute Gasteiger partial charge is 0.493 e. The Balaban J connectivity index is 1.76. The molecule has 7 nitrogen and oxygen atoms in total. The van der Waals surface area contributed by atoms with Gasteiger partial charge >= 0.3 is 0 Å². The maximum atomic E-state index is 12.6. The summed E-state index contributed by atoms with van der Waals surface area (Å²) in [5.74, 6) is 1.47. The van der Waals surface area contributed by atoms with E-state index in [2.05, 4.69) is 10.4 Å². The molecule has 0 spiro atoms. The zero-order valence-electron chi connectivity index (χ0n) is 16.4. The van der Waals surface area contributed by atoms with Gasteiger partial charge < -0.3 is 19.5 Å². The topological polar surface area (TPSA) is 74.6 Å². The van der Waals surface area contributed by atoms with E-state index >= 15 is 0 Å². The smallest absolute Gasteiger partial charge is 0.224 e. The highest BCUT2D eigenvalue weighted by Gasteiger charge is 2.17. The van der Waals surface area contributed by atoms with Crippen molar-refractivity contribution in [3.05, 3.63) is 59.4 Å². The Bertz CT molecular complexity index is 990. The van der Waals surface area contributed by atoms with Crippen LogP contribution < -0.4 is 19.5 Å². The average Bonchev–Trinajstić information content (AvgIpc) is 3.26. The van der Waals surface area contributed by atoms with E-state index in [1.54, 1.807) is 56.6 Å². The number of methoxy groups -OCH3 is 3. The molecule has 3 rings (SSSR count). The van der Waals surface area contributed by atoms with Crippen molar-refractivity contribution in [3.8, 4) is 22.9 Å². The normalized spacial score (nSPS) is 10.5. The second-order valence-corrected chi connectivity index (χ2v) is 6.59. The summed E-state index contributed by atoms with van der Waals surface area (Å²) in [5.41, 5.74) is 2.17. The second-order valence-electron chi connectivity index (χ2n) is 6.15. The predicted octanol–water partition coefficient (Wildman–Crippen LogP) is 4.12. The number of rotatable bonds is 8. The molecule has 0 aliphatic carbocycles. The van der Waals surface area contributed by atoms with E-state index in [9.17, 15) is 4.79 Å². The van der Waals surface area contributed by atoms with Crippen LogP contribution in [0.15, 0.2) is 48.8 Å². The fourth-order valence-corrected chi connectivity index (χ4v) is 3.21. The standard InChI is InChI=1S/C21H22ClN3O4/c1-27-18-9-5-14(20(28-2)21(18)29-3)6-10-19(26)24-16-13-15(22)7-8-17(16)25-12-4-11-23-25/h4-5,7-9,11-13H,6,10H2,1-3H3,(H,24,26). The molecule has 0 atom stereocenters. The summed E-state index contributed by atoms with van der Waals surface area (Å²) in [4.78, 5) is 12.6. The minimum atomic E-state index is -0.155. The van der Waals surface area contributed by atoms with Gasteiger partial charge in [0.2, 0.25) is 11.7 Å². The van der Waals surface area contributed by atoms with Crippen LogP contribution in [0.3, 0.4) is 0 Å². The van der Waals surface area contributed by atoms with Crippen LogP contribution in [0.5, 0.6) is 17.2 Å². The van der Waals surface area contributed by atoms with E-state index in [0.717, 1.165) is 11.3 Å². The molecule has 0 aliphatic rings. The van der Waals surface area contributed by atoms with Crippen LogP contribution in [0.4, 0.5) is 5.69 Å². The van der Waals surface area contributed by atoms with E-state index in [-0.39, 0.29) is 12.3 Å². The molecular formula is C21H22ClN3O4. The maximum Gasteiger partial charge on any atom is 0.224 e. The predicted molar refractivity (Wildman–Crippen MR) is 112 cm³/mol. The monoisotopic (exact) mass is 415 g/mol. The highest BCUT2D eigenvalue weighted by molar-refractivity contribution is 6.31. The lowest BCUT2D eigenvalue weighted by molar-refractivity contribution is -0.116. The summed E-state index contributed by atoms with van der Waals surface area (Å²) in [6.07, 6.45) is 4.18. The second kappa shape index (κ2) is 9.34. The number of halogens is 1. The van der Waals surface area contributed by atoms with Crippen molar-refractivity contribution in [2.75, 3.05) is 26.6 Å². The summed E-state index contributed by atoms with van der Waals surface area (Å²) >= 11 is 6.11. The first-order valence-electron chi connectivity index (χ1n) is 8.94. The highest BCUT2D eigenvalue weighted by Crippen LogP contribution is 2.40. The summed E-state index contributed by atoms with van der Waals surface area (Å²) in [6.45, 7) is 0. The molecule has 152 valence electrons. The van der Waals surface area contributed by atoms with Gasteiger partial charge in [-0.05, 0) is 42.3 Å². The SMILES string of the molecule is COc1ccc(CCC(=O)Nc2cc(Cl)ccc2-n2cccn2)c(OC)c1OC. The van der Waals surface area contributed by atoms with Crippen molar-refractivity contribution >= 4 is 23.2 Å². The maximum absolute atomic E-state index is 12.6. The Morgan fingerprint density at radius 3 is 2.55 bits per heavy atom. The highest BCUT2D eigenvalue weighted by atomic mass is 35.5. The number of carbonyl (C=O) groups excluding carboxylic acids is 1. The molecule has 1 amide bonds. The van der Waals surface area contributed by atoms with Crippen molar-refractivity contribution < 1.29 is 19.0 Å². The lowest BCUT2D eigenvalue weighted by Crippen LogP contribution is -2.14. The number of hydrogen-bond donors (Lipinski definition) is 1. The van der Waals surface area contributed by atoms with E-state index in [4.69, 9.17) is 25.8 Å². The number of hydrogen-bond acceptors (Lipinski definition) is 5. The summed E-state index contributed by atoms with van der Waals surface area (Å²) < 4.78 is 17.8. The minimum Gasteiger partial charge on any atom is -0.493 e. The number of carbonyl (C=O) groups is 1. The molecule has 2 aromatic carbocycles. The molecule has 0 saturated carbocycles. The zero-order valence-corrected chi connectivity index (χ0v) is 17.2. The van der Waals surface area contributed by atoms with Crippen LogP contribution in [-0.2, 0) is 11.2 Å². The average molecular weight is 416 g/mol. The first kappa shape index (κ1) is 20.5. The summed E-state index contributed by atoms with van der Waals surface area (Å²) in [6, 6.07) is 10.7. The van der Waals surface area contributed by atoms with Gasteiger partial charge in [-0.1, -0.05) is 17.7 Å². The van der Waals surface area contributed by atoms with Crippen molar-refractivity contribution in [2.45, 2.75) is 12.8 Å². The van der Waals surface area contributed by atoms with Crippen LogP contribution in [0.25, 0.3) is 5.69 Å². The quantitative estimate of drug-likeness (QED) is 0.599. The van der Waals surface area contributed by atoms with E-state index in [1.807, 2.05) is 18.2 Å². The molecule has 0 bridgehead atoms. The van der Waals surface area contributed by atoms with Gasteiger partial charge in [-0.2, -0.15) is 5.10 Å². The number of anilines is 1. The molecule has 0 saturated heterocycles. The van der Waals surface area contributed by atoms with E-state index < -0.39 is 0 Å². The zero-order chi connectivity index (χ0) is 20.8. The molecule has 3 aromatic rings. The molecule has 0 radical (unpaired) electrons. The van der Waals surface area contributed by atoms with Crippen LogP contribution in [0.2, 0.25) is 5.02 Å². The number of nitrogens with one attached hydrogen (secondary N) is 1. The van der Waals surface area contributed by atoms with Crippen LogP contribution >= 0.6 is 11.6 Å². The molecular weight excluding hydrogens is 394 g/mol. The molecule has 8 heteroatoms. The fraction of sp³-hybridized carbons (Fsp3) is 0.238. The third kappa shape index (κ3) is 4.63. The number of amides is 1. The van der Waals surface area contributed by atoms with Crippen molar-refractivity contribution in [1.29, 1.82) is 0 Å². The van der Waals surface area contributed by atoms with Gasteiger partial charge in [0.1, 0.15) is 0 Å². The van der Waals surface area contributed by atoms with Gasteiger partial charge in [-0.25, -0.2) is 4.68 Å². The lowest BCUT2D eigenvalue weighted by Gasteiger charge is -2.16. The third-order valence-corrected chi connectivity index (χ3v) is 4.63. The van der Waals surface area contributed by atoms with Crippen molar-refractivity contribution in [1.82, 2.24) is 9.78 Å². The number of aryl methyl sites for hydroxylation is 1. The molecule has 1 aromatic heterocycles. The number of benzene rings is 2.